The molecule has 3 heterocycles. The van der Waals surface area contributed by atoms with Crippen molar-refractivity contribution < 1.29 is 19.1 Å². The van der Waals surface area contributed by atoms with Crippen LogP contribution < -0.4 is 5.32 Å². The standard InChI is InChI=1S/C13H18N4O4/c18-12(15-5-10-2-1-3-20-10)11-7-21-13(19)17(11)6-9-4-14-8-16-9/h4,8,10-11H,1-3,5-7H2,(H,14,16)(H,15,18)/t10?,11-/m0/s1. The molecular weight excluding hydrogens is 276 g/mol. The molecule has 21 heavy (non-hydrogen) atoms. The first-order chi connectivity index (χ1) is 10.2. The van der Waals surface area contributed by atoms with Crippen LogP contribution in [-0.2, 0) is 20.8 Å². The first-order valence-electron chi connectivity index (χ1n) is 7.04. The number of carbonyl (C=O) groups excluding carboxylic acids is 2. The molecule has 2 N–H and O–H groups in total. The Labute approximate surface area is 121 Å². The largest absolute Gasteiger partial charge is 0.447 e. The summed E-state index contributed by atoms with van der Waals surface area (Å²) in [5, 5.41) is 2.83. The van der Waals surface area contributed by atoms with E-state index in [0.29, 0.717) is 6.54 Å². The van der Waals surface area contributed by atoms with Gasteiger partial charge in [0.05, 0.1) is 24.7 Å². The van der Waals surface area contributed by atoms with Crippen LogP contribution >= 0.6 is 0 Å². The van der Waals surface area contributed by atoms with Gasteiger partial charge in [0, 0.05) is 19.3 Å². The van der Waals surface area contributed by atoms with Crippen molar-refractivity contribution in [1.82, 2.24) is 20.2 Å². The van der Waals surface area contributed by atoms with Gasteiger partial charge < -0.3 is 19.8 Å². The molecule has 8 heteroatoms. The average Bonchev–Trinajstić information content (AvgIpc) is 3.21. The summed E-state index contributed by atoms with van der Waals surface area (Å²) >= 11 is 0. The van der Waals surface area contributed by atoms with Crippen LogP contribution in [0.5, 0.6) is 0 Å². The van der Waals surface area contributed by atoms with Gasteiger partial charge in [-0.2, -0.15) is 0 Å². The van der Waals surface area contributed by atoms with Crippen LogP contribution in [0.4, 0.5) is 4.79 Å². The van der Waals surface area contributed by atoms with E-state index in [1.54, 1.807) is 6.20 Å². The molecule has 1 unspecified atom stereocenters. The highest BCUT2D eigenvalue weighted by Crippen LogP contribution is 2.16. The predicted molar refractivity (Wildman–Crippen MR) is 71.3 cm³/mol. The summed E-state index contributed by atoms with van der Waals surface area (Å²) in [5.74, 6) is -0.212. The SMILES string of the molecule is O=C(NCC1CCCO1)[C@@H]1COC(=O)N1Cc1cnc[nH]1. The van der Waals surface area contributed by atoms with E-state index in [9.17, 15) is 9.59 Å². The molecule has 0 saturated carbocycles. The second-order valence-electron chi connectivity index (χ2n) is 5.18. The minimum Gasteiger partial charge on any atom is -0.447 e. The molecule has 3 rings (SSSR count). The maximum Gasteiger partial charge on any atom is 0.411 e. The molecule has 2 fully saturated rings. The van der Waals surface area contributed by atoms with Crippen molar-refractivity contribution in [3.8, 4) is 0 Å². The van der Waals surface area contributed by atoms with E-state index in [-0.39, 0.29) is 25.2 Å². The Bertz CT molecular complexity index is 498. The Balaban J connectivity index is 1.56. The van der Waals surface area contributed by atoms with Gasteiger partial charge in [-0.1, -0.05) is 0 Å². The Morgan fingerprint density at radius 1 is 1.57 bits per heavy atom. The summed E-state index contributed by atoms with van der Waals surface area (Å²) in [7, 11) is 0. The summed E-state index contributed by atoms with van der Waals surface area (Å²) in [5.41, 5.74) is 0.755. The third-order valence-electron chi connectivity index (χ3n) is 3.70. The third-order valence-corrected chi connectivity index (χ3v) is 3.70. The first-order valence-corrected chi connectivity index (χ1v) is 7.04. The molecule has 2 aliphatic heterocycles. The van der Waals surface area contributed by atoms with Crippen LogP contribution in [-0.4, -0.2) is 58.8 Å². The number of ether oxygens (including phenoxy) is 2. The number of cyclic esters (lactones) is 1. The smallest absolute Gasteiger partial charge is 0.411 e. The van der Waals surface area contributed by atoms with E-state index < -0.39 is 12.1 Å². The van der Waals surface area contributed by atoms with Crippen molar-refractivity contribution in [2.75, 3.05) is 19.8 Å². The number of aromatic nitrogens is 2. The molecule has 0 aliphatic carbocycles. The molecule has 114 valence electrons. The van der Waals surface area contributed by atoms with Gasteiger partial charge in [0.15, 0.2) is 0 Å². The zero-order valence-corrected chi connectivity index (χ0v) is 11.6. The van der Waals surface area contributed by atoms with Crippen molar-refractivity contribution in [1.29, 1.82) is 0 Å². The van der Waals surface area contributed by atoms with Crippen molar-refractivity contribution >= 4 is 12.0 Å². The lowest BCUT2D eigenvalue weighted by molar-refractivity contribution is -0.125. The highest BCUT2D eigenvalue weighted by molar-refractivity contribution is 5.87. The lowest BCUT2D eigenvalue weighted by Gasteiger charge is -2.20. The van der Waals surface area contributed by atoms with Crippen LogP contribution in [0.15, 0.2) is 12.5 Å². The fourth-order valence-corrected chi connectivity index (χ4v) is 2.53. The van der Waals surface area contributed by atoms with Crippen LogP contribution in [0.25, 0.3) is 0 Å². The van der Waals surface area contributed by atoms with Gasteiger partial charge in [0.25, 0.3) is 0 Å². The van der Waals surface area contributed by atoms with Gasteiger partial charge in [-0.3, -0.25) is 9.69 Å². The number of imidazole rings is 1. The van der Waals surface area contributed by atoms with Crippen LogP contribution in [0, 0.1) is 0 Å². The van der Waals surface area contributed by atoms with Gasteiger partial charge in [0.1, 0.15) is 12.6 Å². The second-order valence-corrected chi connectivity index (χ2v) is 5.18. The third kappa shape index (κ3) is 3.15. The predicted octanol–water partition coefficient (Wildman–Crippen LogP) is 0.0257. The van der Waals surface area contributed by atoms with Gasteiger partial charge in [0.2, 0.25) is 5.91 Å². The number of aromatic amines is 1. The summed E-state index contributed by atoms with van der Waals surface area (Å²) < 4.78 is 10.4. The molecule has 0 radical (unpaired) electrons. The fraction of sp³-hybridized carbons (Fsp3) is 0.615. The molecule has 2 saturated heterocycles. The number of hydrogen-bond donors (Lipinski definition) is 2. The van der Waals surface area contributed by atoms with Gasteiger partial charge in [-0.15, -0.1) is 0 Å². The number of hydrogen-bond acceptors (Lipinski definition) is 5. The average molecular weight is 294 g/mol. The van der Waals surface area contributed by atoms with Crippen molar-refractivity contribution in [2.24, 2.45) is 0 Å². The molecule has 2 atom stereocenters. The number of rotatable bonds is 5. The Morgan fingerprint density at radius 3 is 3.19 bits per heavy atom. The quantitative estimate of drug-likeness (QED) is 0.798. The van der Waals surface area contributed by atoms with E-state index in [2.05, 4.69) is 15.3 Å². The topological polar surface area (TPSA) is 96.5 Å². The molecule has 0 spiro atoms. The molecule has 2 amide bonds. The number of amides is 2. The fourth-order valence-electron chi connectivity index (χ4n) is 2.53. The zero-order chi connectivity index (χ0) is 14.7. The minimum atomic E-state index is -0.609. The number of nitrogens with zero attached hydrogens (tertiary/aromatic N) is 2. The van der Waals surface area contributed by atoms with Gasteiger partial charge in [-0.05, 0) is 12.8 Å². The summed E-state index contributed by atoms with van der Waals surface area (Å²) in [4.78, 5) is 32.2. The maximum atomic E-state index is 12.2. The highest BCUT2D eigenvalue weighted by Gasteiger charge is 2.38. The van der Waals surface area contributed by atoms with Crippen LogP contribution in [0.1, 0.15) is 18.5 Å². The van der Waals surface area contributed by atoms with Crippen LogP contribution in [0.2, 0.25) is 0 Å². The summed E-state index contributed by atoms with van der Waals surface area (Å²) in [6, 6.07) is -0.609. The van der Waals surface area contributed by atoms with Gasteiger partial charge >= 0.3 is 6.09 Å². The zero-order valence-electron chi connectivity index (χ0n) is 11.6. The molecular formula is C13H18N4O4. The lowest BCUT2D eigenvalue weighted by Crippen LogP contribution is -2.47. The highest BCUT2D eigenvalue weighted by atomic mass is 16.6. The Hall–Kier alpha value is -2.09. The van der Waals surface area contributed by atoms with Crippen molar-refractivity contribution in [3.05, 3.63) is 18.2 Å². The van der Waals surface area contributed by atoms with Crippen molar-refractivity contribution in [2.45, 2.75) is 31.5 Å². The van der Waals surface area contributed by atoms with Crippen LogP contribution in [0.3, 0.4) is 0 Å². The molecule has 1 aromatic heterocycles. The number of carbonyl (C=O) groups is 2. The van der Waals surface area contributed by atoms with E-state index >= 15 is 0 Å². The Kier molecular flexibility index (Phi) is 4.05. The molecule has 8 nitrogen and oxygen atoms in total. The van der Waals surface area contributed by atoms with E-state index in [1.807, 2.05) is 0 Å². The van der Waals surface area contributed by atoms with Gasteiger partial charge in [-0.25, -0.2) is 9.78 Å². The summed E-state index contributed by atoms with van der Waals surface area (Å²) in [6.45, 7) is 1.57. The van der Waals surface area contributed by atoms with E-state index in [4.69, 9.17) is 9.47 Å². The molecule has 0 bridgehead atoms. The van der Waals surface area contributed by atoms with Crippen molar-refractivity contribution in [3.63, 3.8) is 0 Å². The van der Waals surface area contributed by atoms with E-state index in [1.165, 1.54) is 11.2 Å². The molecule has 1 aromatic rings. The first kappa shape index (κ1) is 13.9. The summed E-state index contributed by atoms with van der Waals surface area (Å²) in [6.07, 6.45) is 4.72. The van der Waals surface area contributed by atoms with E-state index in [0.717, 1.165) is 25.1 Å². The minimum absolute atomic E-state index is 0.0737. The lowest BCUT2D eigenvalue weighted by atomic mass is 10.2. The maximum absolute atomic E-state index is 12.2. The number of nitrogens with one attached hydrogen (secondary N) is 2. The second kappa shape index (κ2) is 6.13. The Morgan fingerprint density at radius 2 is 2.48 bits per heavy atom. The molecule has 0 aromatic carbocycles. The number of H-pyrrole nitrogens is 1. The normalized spacial score (nSPS) is 25.1. The monoisotopic (exact) mass is 294 g/mol. The molecule has 2 aliphatic rings.